The van der Waals surface area contributed by atoms with Crippen LogP contribution in [0.2, 0.25) is 0 Å². The molecule has 1 rings (SSSR count). The molecule has 0 bridgehead atoms. The van der Waals surface area contributed by atoms with E-state index in [4.69, 9.17) is 0 Å². The molecule has 1 aromatic rings. The maximum Gasteiger partial charge on any atom is 0.0521 e. The Hall–Kier alpha value is -0.830. The van der Waals surface area contributed by atoms with E-state index < -0.39 is 0 Å². The summed E-state index contributed by atoms with van der Waals surface area (Å²) in [6.07, 6.45) is 8.98. The van der Waals surface area contributed by atoms with Crippen molar-refractivity contribution >= 4 is 0 Å². The van der Waals surface area contributed by atoms with E-state index in [0.717, 1.165) is 18.9 Å². The Morgan fingerprint density at radius 3 is 2.76 bits per heavy atom. The standard InChI is InChI=1S/C14H27N3/c1-5-8-15-13(3)9-12(2)6-7-14-10-16-17(4)11-14/h10-13,15H,5-9H2,1-4H3. The lowest BCUT2D eigenvalue weighted by Crippen LogP contribution is -2.28. The average molecular weight is 237 g/mol. The minimum absolute atomic E-state index is 0.638. The zero-order chi connectivity index (χ0) is 12.7. The first kappa shape index (κ1) is 14.2. The molecular weight excluding hydrogens is 210 g/mol. The molecule has 0 spiro atoms. The van der Waals surface area contributed by atoms with E-state index in [9.17, 15) is 0 Å². The molecule has 0 aromatic carbocycles. The predicted octanol–water partition coefficient (Wildman–Crippen LogP) is 2.77. The summed E-state index contributed by atoms with van der Waals surface area (Å²) in [7, 11) is 1.98. The lowest BCUT2D eigenvalue weighted by atomic mass is 9.96. The molecule has 2 atom stereocenters. The minimum atomic E-state index is 0.638. The van der Waals surface area contributed by atoms with E-state index in [-0.39, 0.29) is 0 Å². The summed E-state index contributed by atoms with van der Waals surface area (Å²) in [5.74, 6) is 0.773. The summed E-state index contributed by atoms with van der Waals surface area (Å²) in [6, 6.07) is 0.638. The van der Waals surface area contributed by atoms with Gasteiger partial charge in [-0.15, -0.1) is 0 Å². The van der Waals surface area contributed by atoms with E-state index in [1.165, 1.54) is 24.8 Å². The molecule has 98 valence electrons. The highest BCUT2D eigenvalue weighted by Crippen LogP contribution is 2.14. The molecule has 0 amide bonds. The quantitative estimate of drug-likeness (QED) is 0.753. The van der Waals surface area contributed by atoms with Gasteiger partial charge in [-0.25, -0.2) is 0 Å². The van der Waals surface area contributed by atoms with Gasteiger partial charge in [-0.2, -0.15) is 5.10 Å². The lowest BCUT2D eigenvalue weighted by molar-refractivity contribution is 0.403. The summed E-state index contributed by atoms with van der Waals surface area (Å²) in [5, 5.41) is 7.75. The number of nitrogens with zero attached hydrogens (tertiary/aromatic N) is 2. The van der Waals surface area contributed by atoms with Crippen molar-refractivity contribution in [2.45, 2.75) is 52.5 Å². The van der Waals surface area contributed by atoms with Crippen molar-refractivity contribution in [3.05, 3.63) is 18.0 Å². The van der Waals surface area contributed by atoms with Gasteiger partial charge in [0.05, 0.1) is 6.20 Å². The Morgan fingerprint density at radius 1 is 1.41 bits per heavy atom. The molecule has 0 radical (unpaired) electrons. The van der Waals surface area contributed by atoms with Crippen LogP contribution >= 0.6 is 0 Å². The highest BCUT2D eigenvalue weighted by Gasteiger charge is 2.08. The van der Waals surface area contributed by atoms with Crippen molar-refractivity contribution in [1.29, 1.82) is 0 Å². The number of rotatable bonds is 8. The molecule has 0 aliphatic rings. The molecule has 0 aliphatic heterocycles. The van der Waals surface area contributed by atoms with Crippen LogP contribution in [0.1, 0.15) is 45.6 Å². The van der Waals surface area contributed by atoms with E-state index in [2.05, 4.69) is 37.4 Å². The molecule has 1 N–H and O–H groups in total. The number of nitrogens with one attached hydrogen (secondary N) is 1. The molecular formula is C14H27N3. The third-order valence-electron chi connectivity index (χ3n) is 3.18. The molecule has 17 heavy (non-hydrogen) atoms. The van der Waals surface area contributed by atoms with Gasteiger partial charge in [0.1, 0.15) is 0 Å². The second-order valence-electron chi connectivity index (χ2n) is 5.26. The van der Waals surface area contributed by atoms with Crippen molar-refractivity contribution in [2.75, 3.05) is 6.54 Å². The van der Waals surface area contributed by atoms with Crippen molar-refractivity contribution in [1.82, 2.24) is 15.1 Å². The molecule has 3 heteroatoms. The first-order valence-electron chi connectivity index (χ1n) is 6.82. The normalized spacial score (nSPS) is 14.8. The average Bonchev–Trinajstić information content (AvgIpc) is 2.70. The van der Waals surface area contributed by atoms with Crippen LogP contribution in [0.3, 0.4) is 0 Å². The molecule has 1 aromatic heterocycles. The van der Waals surface area contributed by atoms with E-state index in [1.54, 1.807) is 0 Å². The van der Waals surface area contributed by atoms with Gasteiger partial charge in [-0.3, -0.25) is 4.68 Å². The summed E-state index contributed by atoms with van der Waals surface area (Å²) in [5.41, 5.74) is 1.36. The zero-order valence-corrected chi connectivity index (χ0v) is 11.7. The second kappa shape index (κ2) is 7.49. The van der Waals surface area contributed by atoms with Crippen LogP contribution in [-0.2, 0) is 13.5 Å². The number of aryl methyl sites for hydroxylation is 2. The van der Waals surface area contributed by atoms with Crippen LogP contribution in [-0.4, -0.2) is 22.4 Å². The molecule has 3 nitrogen and oxygen atoms in total. The highest BCUT2D eigenvalue weighted by atomic mass is 15.2. The SMILES string of the molecule is CCCNC(C)CC(C)CCc1cnn(C)c1. The van der Waals surface area contributed by atoms with Crippen LogP contribution in [0.15, 0.2) is 12.4 Å². The Labute approximate surface area is 106 Å². The second-order valence-corrected chi connectivity index (χ2v) is 5.26. The third kappa shape index (κ3) is 5.87. The smallest absolute Gasteiger partial charge is 0.0521 e. The predicted molar refractivity (Wildman–Crippen MR) is 73.1 cm³/mol. The van der Waals surface area contributed by atoms with Gasteiger partial charge in [0.25, 0.3) is 0 Å². The Morgan fingerprint density at radius 2 is 2.18 bits per heavy atom. The van der Waals surface area contributed by atoms with Crippen molar-refractivity contribution in [3.63, 3.8) is 0 Å². The summed E-state index contributed by atoms with van der Waals surface area (Å²) in [6.45, 7) is 7.98. The van der Waals surface area contributed by atoms with Gasteiger partial charge < -0.3 is 5.32 Å². The summed E-state index contributed by atoms with van der Waals surface area (Å²) >= 11 is 0. The molecule has 1 heterocycles. The fourth-order valence-electron chi connectivity index (χ4n) is 2.21. The van der Waals surface area contributed by atoms with Gasteiger partial charge >= 0.3 is 0 Å². The fourth-order valence-corrected chi connectivity index (χ4v) is 2.21. The molecule has 0 saturated heterocycles. The Balaban J connectivity index is 2.18. The highest BCUT2D eigenvalue weighted by molar-refractivity contribution is 5.03. The van der Waals surface area contributed by atoms with Crippen molar-refractivity contribution < 1.29 is 0 Å². The van der Waals surface area contributed by atoms with Crippen LogP contribution in [0.5, 0.6) is 0 Å². The topological polar surface area (TPSA) is 29.9 Å². The monoisotopic (exact) mass is 237 g/mol. The van der Waals surface area contributed by atoms with Gasteiger partial charge in [0.2, 0.25) is 0 Å². The molecule has 0 saturated carbocycles. The van der Waals surface area contributed by atoms with Gasteiger partial charge in [-0.1, -0.05) is 13.8 Å². The first-order chi connectivity index (χ1) is 8.11. The third-order valence-corrected chi connectivity index (χ3v) is 3.18. The maximum absolute atomic E-state index is 4.20. The maximum atomic E-state index is 4.20. The number of aromatic nitrogens is 2. The van der Waals surface area contributed by atoms with Crippen molar-refractivity contribution in [2.24, 2.45) is 13.0 Å². The summed E-state index contributed by atoms with van der Waals surface area (Å²) in [4.78, 5) is 0. The van der Waals surface area contributed by atoms with E-state index in [0.29, 0.717) is 6.04 Å². The van der Waals surface area contributed by atoms with Crippen LogP contribution < -0.4 is 5.32 Å². The zero-order valence-electron chi connectivity index (χ0n) is 11.7. The lowest BCUT2D eigenvalue weighted by Gasteiger charge is -2.18. The molecule has 0 aliphatic carbocycles. The fraction of sp³-hybridized carbons (Fsp3) is 0.786. The first-order valence-corrected chi connectivity index (χ1v) is 6.82. The Bertz CT molecular complexity index is 306. The number of hydrogen-bond acceptors (Lipinski definition) is 2. The van der Waals surface area contributed by atoms with Gasteiger partial charge in [0, 0.05) is 19.3 Å². The summed E-state index contributed by atoms with van der Waals surface area (Å²) < 4.78 is 1.88. The van der Waals surface area contributed by atoms with Crippen LogP contribution in [0.4, 0.5) is 0 Å². The van der Waals surface area contributed by atoms with Crippen LogP contribution in [0.25, 0.3) is 0 Å². The molecule has 2 unspecified atom stereocenters. The molecule has 0 fully saturated rings. The van der Waals surface area contributed by atoms with E-state index in [1.807, 2.05) is 17.9 Å². The van der Waals surface area contributed by atoms with Crippen LogP contribution in [0, 0.1) is 5.92 Å². The van der Waals surface area contributed by atoms with Gasteiger partial charge in [-0.05, 0) is 50.6 Å². The van der Waals surface area contributed by atoms with Gasteiger partial charge in [0.15, 0.2) is 0 Å². The minimum Gasteiger partial charge on any atom is -0.314 e. The van der Waals surface area contributed by atoms with E-state index >= 15 is 0 Å². The number of hydrogen-bond donors (Lipinski definition) is 1. The van der Waals surface area contributed by atoms with Crippen molar-refractivity contribution in [3.8, 4) is 0 Å². The Kier molecular flexibility index (Phi) is 6.27. The largest absolute Gasteiger partial charge is 0.314 e.